The number of hydrogen-bond acceptors (Lipinski definition) is 3. The first kappa shape index (κ1) is 11.6. The largest absolute Gasteiger partial charge is 0.422 e. The van der Waals surface area contributed by atoms with Crippen LogP contribution in [0.25, 0.3) is 16.5 Å². The van der Waals surface area contributed by atoms with Crippen LogP contribution in [0, 0.1) is 11.5 Å². The molecule has 2 rings (SSSR count). The average Bonchev–Trinajstić information content (AvgIpc) is 2.41. The Balaban J connectivity index is 2.26. The maximum atomic E-state index is 8.49. The summed E-state index contributed by atoms with van der Waals surface area (Å²) in [5, 5.41) is 19.5. The summed E-state index contributed by atoms with van der Waals surface area (Å²) in [5.41, 5.74) is 3.48. The fraction of sp³-hybridized carbons (Fsp3) is 0. The van der Waals surface area contributed by atoms with Gasteiger partial charge in [0.2, 0.25) is 0 Å². The fourth-order valence-corrected chi connectivity index (χ4v) is 1.60. The Bertz CT molecular complexity index is 614. The van der Waals surface area contributed by atoms with Gasteiger partial charge >= 0.3 is 0 Å². The molecule has 0 heterocycles. The molecule has 0 radical (unpaired) electrons. The zero-order valence-corrected chi connectivity index (χ0v) is 9.46. The molecule has 4 heteroatoms. The molecule has 0 spiro atoms. The highest BCUT2D eigenvalue weighted by Crippen LogP contribution is 2.23. The van der Waals surface area contributed by atoms with E-state index >= 15 is 0 Å². The van der Waals surface area contributed by atoms with Crippen LogP contribution in [0.5, 0.6) is 0 Å². The van der Waals surface area contributed by atoms with Gasteiger partial charge in [0.15, 0.2) is 6.19 Å². The molecule has 86 valence electrons. The van der Waals surface area contributed by atoms with E-state index in [-0.39, 0.29) is 0 Å². The number of benzene rings is 2. The van der Waals surface area contributed by atoms with E-state index in [0.717, 1.165) is 16.8 Å². The Morgan fingerprint density at radius 1 is 0.944 bits per heavy atom. The minimum atomic E-state index is 0.643. The van der Waals surface area contributed by atoms with Gasteiger partial charge in [0.25, 0.3) is 0 Å². The first-order valence-electron chi connectivity index (χ1n) is 5.29. The fourth-order valence-electron chi connectivity index (χ4n) is 1.60. The van der Waals surface area contributed by atoms with E-state index in [1.54, 1.807) is 18.1 Å². The quantitative estimate of drug-likeness (QED) is 0.499. The van der Waals surface area contributed by atoms with Crippen LogP contribution in [0.3, 0.4) is 0 Å². The molecule has 0 aliphatic rings. The predicted molar refractivity (Wildman–Crippen MR) is 71.6 cm³/mol. The number of nitriles is 1. The highest BCUT2D eigenvalue weighted by Gasteiger charge is 1.97. The second-order valence-corrected chi connectivity index (χ2v) is 3.57. The molecule has 0 saturated heterocycles. The van der Waals surface area contributed by atoms with Crippen LogP contribution >= 0.6 is 0 Å². The predicted octanol–water partition coefficient (Wildman–Crippen LogP) is 3.62. The second-order valence-electron chi connectivity index (χ2n) is 3.57. The van der Waals surface area contributed by atoms with Crippen molar-refractivity contribution in [2.45, 2.75) is 0 Å². The highest BCUT2D eigenvalue weighted by molar-refractivity contribution is 5.68. The molecule has 1 N–H and O–H groups in total. The Labute approximate surface area is 105 Å². The minimum Gasteiger partial charge on any atom is -0.422 e. The monoisotopic (exact) mass is 233 g/mol. The molecule has 0 aliphatic carbocycles. The van der Waals surface area contributed by atoms with E-state index in [1.165, 1.54) is 0 Å². The maximum absolute atomic E-state index is 8.49. The zero-order chi connectivity index (χ0) is 12.8. The zero-order valence-electron chi connectivity index (χ0n) is 9.46. The lowest BCUT2D eigenvalue weighted by atomic mass is 10.1. The first-order chi connectivity index (χ1) is 8.83. The number of hydrogen-bond donors (Lipinski definition) is 1. The van der Waals surface area contributed by atoms with Gasteiger partial charge in [0, 0.05) is 5.69 Å². The van der Waals surface area contributed by atoms with E-state index in [0.29, 0.717) is 5.69 Å². The highest BCUT2D eigenvalue weighted by atomic mass is 14.9. The van der Waals surface area contributed by atoms with Crippen molar-refractivity contribution in [1.29, 1.82) is 5.26 Å². The molecule has 0 unspecified atom stereocenters. The van der Waals surface area contributed by atoms with Crippen molar-refractivity contribution < 1.29 is 0 Å². The van der Waals surface area contributed by atoms with Crippen LogP contribution in [0.2, 0.25) is 0 Å². The van der Waals surface area contributed by atoms with E-state index < -0.39 is 0 Å². The van der Waals surface area contributed by atoms with Crippen LogP contribution in [-0.2, 0) is 0 Å². The van der Waals surface area contributed by atoms with Crippen LogP contribution in [-0.4, -0.2) is 6.01 Å². The number of aliphatic imine (C=N–C) groups is 1. The molecule has 0 bridgehead atoms. The van der Waals surface area contributed by atoms with E-state index in [2.05, 4.69) is 10.3 Å². The summed E-state index contributed by atoms with van der Waals surface area (Å²) in [6, 6.07) is 16.7. The van der Waals surface area contributed by atoms with Gasteiger partial charge in [0.1, 0.15) is 0 Å². The lowest BCUT2D eigenvalue weighted by Crippen LogP contribution is -1.86. The molecule has 4 nitrogen and oxygen atoms in total. The van der Waals surface area contributed by atoms with Gasteiger partial charge in [-0.3, -0.25) is 5.32 Å². The number of nitrogens with one attached hydrogen (secondary N) is 1. The smallest absolute Gasteiger partial charge is 0.181 e. The lowest BCUT2D eigenvalue weighted by molar-refractivity contribution is 1.47. The van der Waals surface area contributed by atoms with E-state index in [9.17, 15) is 0 Å². The third kappa shape index (κ3) is 2.62. The molecule has 0 amide bonds. The van der Waals surface area contributed by atoms with Crippen molar-refractivity contribution in [3.63, 3.8) is 0 Å². The van der Waals surface area contributed by atoms with Crippen molar-refractivity contribution in [2.75, 3.05) is 5.32 Å². The molecular weight excluding hydrogens is 224 g/mol. The van der Waals surface area contributed by atoms with E-state index in [1.807, 2.05) is 42.6 Å². The Hall–Kier alpha value is -2.89. The molecule has 2 aromatic rings. The summed E-state index contributed by atoms with van der Waals surface area (Å²) >= 11 is 0. The third-order valence-corrected chi connectivity index (χ3v) is 2.46. The molecule has 0 aromatic heterocycles. The Morgan fingerprint density at radius 3 is 2.00 bits per heavy atom. The van der Waals surface area contributed by atoms with Gasteiger partial charge < -0.3 is 10.4 Å². The molecule has 18 heavy (non-hydrogen) atoms. The molecule has 2 aromatic carbocycles. The van der Waals surface area contributed by atoms with Gasteiger partial charge in [-0.2, -0.15) is 11.3 Å². The molecular formula is C14H9N4-. The van der Waals surface area contributed by atoms with Gasteiger partial charge in [-0.25, -0.2) is 0 Å². The van der Waals surface area contributed by atoms with Gasteiger partial charge in [-0.15, -0.1) is 0 Å². The first-order valence-corrected chi connectivity index (χ1v) is 5.29. The van der Waals surface area contributed by atoms with Crippen molar-refractivity contribution in [3.8, 4) is 17.3 Å². The molecule has 0 saturated carbocycles. The molecule has 0 aliphatic heterocycles. The minimum absolute atomic E-state index is 0.643. The molecule has 0 atom stereocenters. The van der Waals surface area contributed by atoms with Crippen molar-refractivity contribution in [3.05, 3.63) is 53.9 Å². The van der Waals surface area contributed by atoms with Crippen molar-refractivity contribution >= 4 is 17.4 Å². The van der Waals surface area contributed by atoms with Gasteiger partial charge in [0.05, 0.1) is 0 Å². The number of rotatable bonds is 3. The summed E-state index contributed by atoms with van der Waals surface area (Å²) in [6.45, 7) is 0. The summed E-state index contributed by atoms with van der Waals surface area (Å²) in [7, 11) is 0. The van der Waals surface area contributed by atoms with Crippen LogP contribution < -0.4 is 5.32 Å². The topological polar surface area (TPSA) is 70.5 Å². The third-order valence-electron chi connectivity index (χ3n) is 2.46. The number of nitrogens with zero attached hydrogens (tertiary/aromatic N) is 3. The molecule has 0 fully saturated rings. The Morgan fingerprint density at radius 2 is 1.50 bits per heavy atom. The summed E-state index contributed by atoms with van der Waals surface area (Å²) in [4.78, 5) is 3.64. The van der Waals surface area contributed by atoms with E-state index in [4.69, 9.17) is 10.7 Å². The average molecular weight is 233 g/mol. The summed E-state index contributed by atoms with van der Waals surface area (Å²) in [5.74, 6) is 0. The number of anilines is 1. The SMILES string of the molecule is N#CNc1ccc(-c2ccc(N=C=[N-])cc2)cc1. The maximum Gasteiger partial charge on any atom is 0.181 e. The van der Waals surface area contributed by atoms with Crippen molar-refractivity contribution in [1.82, 2.24) is 0 Å². The van der Waals surface area contributed by atoms with Crippen LogP contribution in [0.1, 0.15) is 0 Å². The van der Waals surface area contributed by atoms with Crippen LogP contribution in [0.15, 0.2) is 53.5 Å². The van der Waals surface area contributed by atoms with Crippen molar-refractivity contribution in [2.24, 2.45) is 4.99 Å². The van der Waals surface area contributed by atoms with Gasteiger partial charge in [-0.1, -0.05) is 36.4 Å². The normalized spacial score (nSPS) is 9.06. The summed E-state index contributed by atoms with van der Waals surface area (Å²) < 4.78 is 0. The lowest BCUT2D eigenvalue weighted by Gasteiger charge is -2.05. The van der Waals surface area contributed by atoms with Gasteiger partial charge in [-0.05, 0) is 28.9 Å². The standard InChI is InChI=1S/C14H9N4/c15-9-17-13-5-1-11(2-6-13)12-3-7-14(8-4-12)18-10-16/h1-8,17H/q-1. The van der Waals surface area contributed by atoms with Crippen LogP contribution in [0.4, 0.5) is 11.4 Å². The second kappa shape index (κ2) is 5.44. The summed E-state index contributed by atoms with van der Waals surface area (Å²) in [6.07, 6.45) is 1.87. The Kier molecular flexibility index (Phi) is 3.50.